The van der Waals surface area contributed by atoms with E-state index in [-0.39, 0.29) is 5.75 Å². The maximum Gasteiger partial charge on any atom is 0.215 e. The first-order valence-electron chi connectivity index (χ1n) is 5.81. The van der Waals surface area contributed by atoms with Crippen LogP contribution in [0.3, 0.4) is 0 Å². The lowest BCUT2D eigenvalue weighted by atomic mass is 10.1. The molecule has 7 heteroatoms. The van der Waals surface area contributed by atoms with E-state index in [0.717, 1.165) is 5.56 Å². The molecular formula is C12H19N3O2S2. The Morgan fingerprint density at radius 2 is 1.89 bits per heavy atom. The Labute approximate surface area is 119 Å². The molecule has 106 valence electrons. The number of thiocarbonyl (C=S) groups is 1. The van der Waals surface area contributed by atoms with E-state index in [4.69, 9.17) is 18.0 Å². The van der Waals surface area contributed by atoms with Crippen molar-refractivity contribution in [2.75, 3.05) is 27.2 Å². The Balaban J connectivity index is 2.60. The van der Waals surface area contributed by atoms with Gasteiger partial charge in [0.2, 0.25) is 10.0 Å². The molecule has 0 atom stereocenters. The molecule has 0 aliphatic carbocycles. The number of rotatable bonds is 7. The quantitative estimate of drug-likeness (QED) is 0.709. The lowest BCUT2D eigenvalue weighted by Crippen LogP contribution is -2.32. The predicted octanol–water partition coefficient (Wildman–Crippen LogP) is 0.302. The Morgan fingerprint density at radius 3 is 2.37 bits per heavy atom. The second-order valence-electron chi connectivity index (χ2n) is 4.52. The molecule has 0 saturated carbocycles. The van der Waals surface area contributed by atoms with Gasteiger partial charge in [0.15, 0.2) is 0 Å². The van der Waals surface area contributed by atoms with Crippen molar-refractivity contribution in [2.45, 2.75) is 5.75 Å². The zero-order valence-corrected chi connectivity index (χ0v) is 12.7. The zero-order chi connectivity index (χ0) is 14.5. The zero-order valence-electron chi connectivity index (χ0n) is 11.1. The molecule has 5 nitrogen and oxygen atoms in total. The number of nitrogens with one attached hydrogen (secondary N) is 1. The second kappa shape index (κ2) is 6.95. The highest BCUT2D eigenvalue weighted by molar-refractivity contribution is 7.88. The maximum atomic E-state index is 11.8. The van der Waals surface area contributed by atoms with Gasteiger partial charge in [0.25, 0.3) is 0 Å². The maximum absolute atomic E-state index is 11.8. The molecule has 0 amide bonds. The van der Waals surface area contributed by atoms with E-state index in [1.807, 2.05) is 19.0 Å². The van der Waals surface area contributed by atoms with Crippen LogP contribution in [0, 0.1) is 0 Å². The van der Waals surface area contributed by atoms with Crippen LogP contribution in [0.5, 0.6) is 0 Å². The Hall–Kier alpha value is -1.02. The molecule has 0 unspecified atom stereocenters. The monoisotopic (exact) mass is 301 g/mol. The average molecular weight is 301 g/mol. The molecule has 0 heterocycles. The summed E-state index contributed by atoms with van der Waals surface area (Å²) < 4.78 is 26.2. The largest absolute Gasteiger partial charge is 0.389 e. The predicted molar refractivity (Wildman–Crippen MR) is 81.5 cm³/mol. The van der Waals surface area contributed by atoms with Crippen LogP contribution in [0.1, 0.15) is 11.1 Å². The summed E-state index contributed by atoms with van der Waals surface area (Å²) in [5, 5.41) is 0. The van der Waals surface area contributed by atoms with Gasteiger partial charge < -0.3 is 10.6 Å². The number of sulfonamides is 1. The molecule has 0 aromatic heterocycles. The molecule has 3 N–H and O–H groups in total. The highest BCUT2D eigenvalue weighted by Gasteiger charge is 2.11. The summed E-state index contributed by atoms with van der Waals surface area (Å²) in [7, 11) is 0.479. The third kappa shape index (κ3) is 6.11. The van der Waals surface area contributed by atoms with E-state index in [1.54, 1.807) is 24.3 Å². The summed E-state index contributed by atoms with van der Waals surface area (Å²) in [5.41, 5.74) is 6.92. The van der Waals surface area contributed by atoms with E-state index in [2.05, 4.69) is 4.72 Å². The summed E-state index contributed by atoms with van der Waals surface area (Å²) in [6.45, 7) is 1.07. The van der Waals surface area contributed by atoms with E-state index >= 15 is 0 Å². The molecule has 1 aromatic rings. The average Bonchev–Trinajstić information content (AvgIpc) is 2.28. The topological polar surface area (TPSA) is 75.4 Å². The fourth-order valence-electron chi connectivity index (χ4n) is 1.46. The van der Waals surface area contributed by atoms with Gasteiger partial charge >= 0.3 is 0 Å². The van der Waals surface area contributed by atoms with Gasteiger partial charge in [0, 0.05) is 18.7 Å². The third-order valence-corrected chi connectivity index (χ3v) is 4.07. The van der Waals surface area contributed by atoms with Crippen LogP contribution in [0.25, 0.3) is 0 Å². The summed E-state index contributed by atoms with van der Waals surface area (Å²) in [5.74, 6) is -0.0436. The van der Waals surface area contributed by atoms with Gasteiger partial charge in [-0.1, -0.05) is 36.5 Å². The van der Waals surface area contributed by atoms with Crippen LogP contribution in [0.15, 0.2) is 24.3 Å². The van der Waals surface area contributed by atoms with Crippen molar-refractivity contribution >= 4 is 27.2 Å². The van der Waals surface area contributed by atoms with Crippen LogP contribution in [0.2, 0.25) is 0 Å². The fraction of sp³-hybridized carbons (Fsp3) is 0.417. The van der Waals surface area contributed by atoms with Gasteiger partial charge in [-0.3, -0.25) is 0 Å². The first-order valence-corrected chi connectivity index (χ1v) is 7.87. The lowest BCUT2D eigenvalue weighted by molar-refractivity contribution is 0.412. The molecule has 0 radical (unpaired) electrons. The fourth-order valence-corrected chi connectivity index (χ4v) is 2.73. The highest BCUT2D eigenvalue weighted by Crippen LogP contribution is 2.07. The van der Waals surface area contributed by atoms with Crippen molar-refractivity contribution in [3.05, 3.63) is 35.4 Å². The first-order chi connectivity index (χ1) is 8.80. The van der Waals surface area contributed by atoms with Crippen LogP contribution in [-0.4, -0.2) is 45.5 Å². The van der Waals surface area contributed by atoms with Gasteiger partial charge in [-0.25, -0.2) is 13.1 Å². The second-order valence-corrected chi connectivity index (χ2v) is 6.76. The third-order valence-electron chi connectivity index (χ3n) is 2.48. The van der Waals surface area contributed by atoms with E-state index in [9.17, 15) is 8.42 Å². The molecule has 19 heavy (non-hydrogen) atoms. The smallest absolute Gasteiger partial charge is 0.215 e. The Kier molecular flexibility index (Phi) is 5.86. The van der Waals surface area contributed by atoms with E-state index < -0.39 is 10.0 Å². The summed E-state index contributed by atoms with van der Waals surface area (Å²) in [6, 6.07) is 6.90. The van der Waals surface area contributed by atoms with Gasteiger partial charge in [-0.05, 0) is 19.7 Å². The first kappa shape index (κ1) is 16.0. The number of nitrogens with two attached hydrogens (primary N) is 1. The van der Waals surface area contributed by atoms with Gasteiger partial charge in [0.05, 0.1) is 5.75 Å². The van der Waals surface area contributed by atoms with Crippen molar-refractivity contribution in [3.8, 4) is 0 Å². The van der Waals surface area contributed by atoms with Crippen molar-refractivity contribution in [2.24, 2.45) is 5.73 Å². The van der Waals surface area contributed by atoms with E-state index in [0.29, 0.717) is 23.6 Å². The SMILES string of the molecule is CN(C)CCNS(=O)(=O)Cc1ccc(C(N)=S)cc1. The van der Waals surface area contributed by atoms with Crippen LogP contribution in [0.4, 0.5) is 0 Å². The lowest BCUT2D eigenvalue weighted by Gasteiger charge is -2.11. The highest BCUT2D eigenvalue weighted by atomic mass is 32.2. The molecule has 0 aliphatic heterocycles. The Bertz CT molecular complexity index is 524. The number of nitrogens with zero attached hydrogens (tertiary/aromatic N) is 1. The molecule has 0 bridgehead atoms. The molecular weight excluding hydrogens is 282 g/mol. The number of benzene rings is 1. The van der Waals surface area contributed by atoms with Crippen molar-refractivity contribution < 1.29 is 8.42 Å². The number of hydrogen-bond acceptors (Lipinski definition) is 4. The standard InChI is InChI=1S/C12H19N3O2S2/c1-15(2)8-7-14-19(16,17)9-10-3-5-11(6-4-10)12(13)18/h3-6,14H,7-9H2,1-2H3,(H2,13,18). The Morgan fingerprint density at radius 1 is 1.32 bits per heavy atom. The summed E-state index contributed by atoms with van der Waals surface area (Å²) in [4.78, 5) is 2.22. The minimum Gasteiger partial charge on any atom is -0.389 e. The number of likely N-dealkylation sites (N-methyl/N-ethyl adjacent to an activating group) is 1. The van der Waals surface area contributed by atoms with Gasteiger partial charge in [-0.15, -0.1) is 0 Å². The molecule has 0 spiro atoms. The van der Waals surface area contributed by atoms with Crippen LogP contribution in [-0.2, 0) is 15.8 Å². The van der Waals surface area contributed by atoms with E-state index in [1.165, 1.54) is 0 Å². The molecule has 0 fully saturated rings. The van der Waals surface area contributed by atoms with Gasteiger partial charge in [0.1, 0.15) is 4.99 Å². The number of hydrogen-bond donors (Lipinski definition) is 2. The minimum atomic E-state index is -3.30. The van der Waals surface area contributed by atoms with Gasteiger partial charge in [-0.2, -0.15) is 0 Å². The van der Waals surface area contributed by atoms with Crippen molar-refractivity contribution in [1.29, 1.82) is 0 Å². The van der Waals surface area contributed by atoms with Crippen molar-refractivity contribution in [3.63, 3.8) is 0 Å². The molecule has 1 aromatic carbocycles. The van der Waals surface area contributed by atoms with Crippen LogP contribution < -0.4 is 10.5 Å². The van der Waals surface area contributed by atoms with Crippen molar-refractivity contribution in [1.82, 2.24) is 9.62 Å². The summed E-state index contributed by atoms with van der Waals surface area (Å²) in [6.07, 6.45) is 0. The molecule has 1 rings (SSSR count). The molecule has 0 aliphatic rings. The summed E-state index contributed by atoms with van der Waals surface area (Å²) >= 11 is 4.84. The normalized spacial score (nSPS) is 11.7. The molecule has 0 saturated heterocycles. The van der Waals surface area contributed by atoms with Crippen LogP contribution >= 0.6 is 12.2 Å². The minimum absolute atomic E-state index is 0.0436.